The highest BCUT2D eigenvalue weighted by Crippen LogP contribution is 2.18. The minimum atomic E-state index is 0.426. The number of hydrogen-bond donors (Lipinski definition) is 0. The molecule has 0 atom stereocenters. The van der Waals surface area contributed by atoms with E-state index in [-0.39, 0.29) is 0 Å². The highest BCUT2D eigenvalue weighted by molar-refractivity contribution is 9.10. The van der Waals surface area contributed by atoms with Crippen LogP contribution in [0.15, 0.2) is 41.5 Å². The van der Waals surface area contributed by atoms with Gasteiger partial charge < -0.3 is 0 Å². The Balaban J connectivity index is 2.11. The minimum absolute atomic E-state index is 0.426. The smallest absolute Gasteiger partial charge is 0.221 e. The van der Waals surface area contributed by atoms with Gasteiger partial charge in [0.15, 0.2) is 5.82 Å². The summed E-state index contributed by atoms with van der Waals surface area (Å²) in [4.78, 5) is 8.56. The number of nitrogens with zero attached hydrogens (tertiary/aromatic N) is 6. The van der Waals surface area contributed by atoms with Gasteiger partial charge in [-0.15, -0.1) is 0 Å². The van der Waals surface area contributed by atoms with E-state index in [1.165, 1.54) is 10.9 Å². The molecule has 3 aromatic rings. The highest BCUT2D eigenvalue weighted by atomic mass is 79.9. The first-order valence-electron chi connectivity index (χ1n) is 4.97. The summed E-state index contributed by atoms with van der Waals surface area (Å²) in [6.45, 7) is 0. The lowest BCUT2D eigenvalue weighted by Crippen LogP contribution is -2.07. The first kappa shape index (κ1) is 11.4. The molecule has 0 aliphatic rings. The average Bonchev–Trinajstić information content (AvgIpc) is 3.01. The third kappa shape index (κ3) is 2.02. The molecule has 0 N–H and O–H groups in total. The van der Waals surface area contributed by atoms with Crippen LogP contribution in [0, 0.1) is 0 Å². The van der Waals surface area contributed by atoms with Crippen molar-refractivity contribution in [2.75, 3.05) is 0 Å². The molecule has 0 bridgehead atoms. The molecule has 3 rings (SSSR count). The predicted molar refractivity (Wildman–Crippen MR) is 69.0 cm³/mol. The van der Waals surface area contributed by atoms with Gasteiger partial charge in [-0.25, -0.2) is 14.3 Å². The Kier molecular flexibility index (Phi) is 2.85. The Hall–Kier alpha value is -1.73. The largest absolute Gasteiger partial charge is 0.252 e. The predicted octanol–water partition coefficient (Wildman–Crippen LogP) is 2.26. The molecule has 0 saturated heterocycles. The van der Waals surface area contributed by atoms with Gasteiger partial charge in [0.1, 0.15) is 0 Å². The quantitative estimate of drug-likeness (QED) is 0.725. The number of aromatic nitrogens is 6. The van der Waals surface area contributed by atoms with Crippen molar-refractivity contribution in [1.82, 2.24) is 29.5 Å². The zero-order valence-electron chi connectivity index (χ0n) is 8.90. The molecule has 0 amide bonds. The minimum Gasteiger partial charge on any atom is -0.221 e. The third-order valence-corrected chi connectivity index (χ3v) is 2.94. The molecule has 8 heteroatoms. The van der Waals surface area contributed by atoms with E-state index in [0.717, 1.165) is 4.47 Å². The van der Waals surface area contributed by atoms with Crippen LogP contribution in [0.1, 0.15) is 0 Å². The summed E-state index contributed by atoms with van der Waals surface area (Å²) in [6, 6.07) is 1.82. The number of halogens is 2. The molecular formula is C10H6BrClN6. The van der Waals surface area contributed by atoms with E-state index < -0.39 is 0 Å². The zero-order valence-corrected chi connectivity index (χ0v) is 11.2. The van der Waals surface area contributed by atoms with E-state index in [0.29, 0.717) is 16.8 Å². The summed E-state index contributed by atoms with van der Waals surface area (Å²) in [5.74, 6) is 1.06. The van der Waals surface area contributed by atoms with Crippen LogP contribution in [0.25, 0.3) is 11.8 Å². The molecule has 3 heterocycles. The molecule has 0 spiro atoms. The second-order valence-corrected chi connectivity index (χ2v) is 4.69. The van der Waals surface area contributed by atoms with Crippen molar-refractivity contribution in [1.29, 1.82) is 0 Å². The molecule has 6 nitrogen and oxygen atoms in total. The van der Waals surface area contributed by atoms with Crippen molar-refractivity contribution in [3.63, 3.8) is 0 Å². The molecule has 0 radical (unpaired) electrons. The molecule has 0 aliphatic heterocycles. The van der Waals surface area contributed by atoms with Crippen LogP contribution in [-0.2, 0) is 0 Å². The van der Waals surface area contributed by atoms with E-state index in [1.807, 2.05) is 6.07 Å². The summed E-state index contributed by atoms with van der Waals surface area (Å²) in [5, 5.41) is 8.71. The van der Waals surface area contributed by atoms with Gasteiger partial charge in [0, 0.05) is 18.6 Å². The molecule has 90 valence electrons. The van der Waals surface area contributed by atoms with E-state index in [1.54, 1.807) is 29.5 Å². The first-order valence-corrected chi connectivity index (χ1v) is 6.14. The van der Waals surface area contributed by atoms with E-state index in [2.05, 4.69) is 36.1 Å². The number of hydrogen-bond acceptors (Lipinski definition) is 4. The van der Waals surface area contributed by atoms with Gasteiger partial charge in [-0.1, -0.05) is 11.6 Å². The van der Waals surface area contributed by atoms with Gasteiger partial charge in [0.25, 0.3) is 5.95 Å². The Morgan fingerprint density at radius 3 is 2.72 bits per heavy atom. The highest BCUT2D eigenvalue weighted by Gasteiger charge is 2.09. The topological polar surface area (TPSA) is 61.4 Å². The Bertz CT molecular complexity index is 678. The van der Waals surface area contributed by atoms with Gasteiger partial charge in [-0.2, -0.15) is 15.2 Å². The van der Waals surface area contributed by atoms with Crippen LogP contribution in [-0.4, -0.2) is 29.5 Å². The van der Waals surface area contributed by atoms with E-state index >= 15 is 0 Å². The fourth-order valence-electron chi connectivity index (χ4n) is 1.42. The maximum atomic E-state index is 5.82. The number of rotatable bonds is 2. The Morgan fingerprint density at radius 2 is 2.06 bits per heavy atom. The second kappa shape index (κ2) is 4.51. The van der Waals surface area contributed by atoms with Crippen LogP contribution in [0.5, 0.6) is 0 Å². The van der Waals surface area contributed by atoms with Crippen molar-refractivity contribution < 1.29 is 0 Å². The lowest BCUT2D eigenvalue weighted by molar-refractivity contribution is 0.770. The maximum absolute atomic E-state index is 5.82. The van der Waals surface area contributed by atoms with Crippen molar-refractivity contribution in [2.24, 2.45) is 0 Å². The normalized spacial score (nSPS) is 10.8. The van der Waals surface area contributed by atoms with E-state index in [9.17, 15) is 0 Å². The molecule has 0 unspecified atom stereocenters. The molecule has 18 heavy (non-hydrogen) atoms. The summed E-state index contributed by atoms with van der Waals surface area (Å²) >= 11 is 9.20. The van der Waals surface area contributed by atoms with Gasteiger partial charge in [-0.05, 0) is 22.0 Å². The van der Waals surface area contributed by atoms with Crippen LogP contribution < -0.4 is 0 Å². The van der Waals surface area contributed by atoms with Crippen molar-refractivity contribution in [3.05, 3.63) is 46.5 Å². The van der Waals surface area contributed by atoms with Crippen LogP contribution in [0.4, 0.5) is 0 Å². The Labute approximate surface area is 115 Å². The lowest BCUT2D eigenvalue weighted by Gasteiger charge is -2.05. The Morgan fingerprint density at radius 1 is 1.17 bits per heavy atom. The fourth-order valence-corrected chi connectivity index (χ4v) is 1.93. The van der Waals surface area contributed by atoms with Crippen LogP contribution >= 0.6 is 27.5 Å². The van der Waals surface area contributed by atoms with Gasteiger partial charge in [0.05, 0.1) is 21.9 Å². The fraction of sp³-hybridized carbons (Fsp3) is 0. The molecular weight excluding hydrogens is 320 g/mol. The van der Waals surface area contributed by atoms with Gasteiger partial charge in [-0.3, -0.25) is 0 Å². The van der Waals surface area contributed by atoms with Crippen molar-refractivity contribution in [3.8, 4) is 11.8 Å². The summed E-state index contributed by atoms with van der Waals surface area (Å²) in [5.41, 5.74) is 0. The summed E-state index contributed by atoms with van der Waals surface area (Å²) in [7, 11) is 0. The van der Waals surface area contributed by atoms with Gasteiger partial charge in [0.2, 0.25) is 0 Å². The molecule has 0 saturated carbocycles. The SMILES string of the molecule is Clc1cnn(-c2ncc(Br)c(-n3cccn3)n2)c1. The summed E-state index contributed by atoms with van der Waals surface area (Å²) in [6.07, 6.45) is 8.29. The van der Waals surface area contributed by atoms with Crippen molar-refractivity contribution >= 4 is 27.5 Å². The van der Waals surface area contributed by atoms with Gasteiger partial charge >= 0.3 is 0 Å². The van der Waals surface area contributed by atoms with Crippen LogP contribution in [0.3, 0.4) is 0 Å². The molecule has 0 aromatic carbocycles. The van der Waals surface area contributed by atoms with E-state index in [4.69, 9.17) is 11.6 Å². The molecule has 0 aliphatic carbocycles. The zero-order chi connectivity index (χ0) is 12.5. The molecule has 3 aromatic heterocycles. The lowest BCUT2D eigenvalue weighted by atomic mass is 10.6. The monoisotopic (exact) mass is 324 g/mol. The average molecular weight is 326 g/mol. The molecule has 0 fully saturated rings. The van der Waals surface area contributed by atoms with Crippen LogP contribution in [0.2, 0.25) is 5.02 Å². The second-order valence-electron chi connectivity index (χ2n) is 3.40. The first-order chi connectivity index (χ1) is 8.74. The third-order valence-electron chi connectivity index (χ3n) is 2.19. The summed E-state index contributed by atoms with van der Waals surface area (Å²) < 4.78 is 3.88. The standard InChI is InChI=1S/C10H6BrClN6/c11-8-5-13-10(18-6-7(12)4-15-18)16-9(8)17-3-1-2-14-17/h1-6H. The maximum Gasteiger partial charge on any atom is 0.252 e. The van der Waals surface area contributed by atoms with Crippen molar-refractivity contribution in [2.45, 2.75) is 0 Å².